The molecule has 1 atom stereocenters. The largest absolute Gasteiger partial charge is 0.480 e. The Morgan fingerprint density at radius 1 is 1.42 bits per heavy atom. The van der Waals surface area contributed by atoms with E-state index in [4.69, 9.17) is 9.84 Å². The fraction of sp³-hybridized carbons (Fsp3) is 0.385. The van der Waals surface area contributed by atoms with E-state index in [0.717, 1.165) is 5.56 Å². The molecule has 0 spiro atoms. The zero-order valence-corrected chi connectivity index (χ0v) is 11.5. The van der Waals surface area contributed by atoms with Crippen LogP contribution in [0.25, 0.3) is 0 Å². The van der Waals surface area contributed by atoms with Crippen LogP contribution < -0.4 is 10.1 Å². The summed E-state index contributed by atoms with van der Waals surface area (Å²) in [5.74, 6) is -0.399. The molecule has 0 aliphatic heterocycles. The van der Waals surface area contributed by atoms with Crippen molar-refractivity contribution in [2.24, 2.45) is 0 Å². The van der Waals surface area contributed by atoms with Crippen molar-refractivity contribution < 1.29 is 19.4 Å². The lowest BCUT2D eigenvalue weighted by Crippen LogP contribution is -2.36. The third kappa shape index (κ3) is 5.32. The minimum absolute atomic E-state index is 0.314. The van der Waals surface area contributed by atoms with Crippen LogP contribution in [0.4, 0.5) is 0 Å². The summed E-state index contributed by atoms with van der Waals surface area (Å²) in [5.41, 5.74) is 0.739. The summed E-state index contributed by atoms with van der Waals surface area (Å²) in [5, 5.41) is 11.9. The normalized spacial score (nSPS) is 11.9. The van der Waals surface area contributed by atoms with Crippen LogP contribution in [0, 0.1) is 0 Å². The van der Waals surface area contributed by atoms with Gasteiger partial charge in [-0.1, -0.05) is 18.2 Å². The Labute approximate surface area is 117 Å². The zero-order valence-electron chi connectivity index (χ0n) is 10.6. The molecule has 1 aromatic rings. The molecule has 6 heteroatoms. The Hall–Kier alpha value is -1.53. The minimum Gasteiger partial charge on any atom is -0.480 e. The van der Waals surface area contributed by atoms with E-state index in [0.29, 0.717) is 24.5 Å². The number of carbonyl (C=O) groups excluding carboxylic acids is 1. The van der Waals surface area contributed by atoms with E-state index < -0.39 is 18.0 Å². The third-order valence-electron chi connectivity index (χ3n) is 2.48. The number of rotatable bonds is 7. The molecule has 0 aliphatic carbocycles. The molecule has 0 amide bonds. The molecule has 1 aromatic carbocycles. The Morgan fingerprint density at radius 2 is 2.11 bits per heavy atom. The molecule has 0 saturated heterocycles. The fourth-order valence-electron chi connectivity index (χ4n) is 1.58. The van der Waals surface area contributed by atoms with E-state index in [1.165, 1.54) is 6.92 Å². The molecule has 0 fully saturated rings. The number of aliphatic carboxylic acids is 1. The summed E-state index contributed by atoms with van der Waals surface area (Å²) in [7, 11) is 0. The number of carbonyl (C=O) groups is 2. The molecule has 0 radical (unpaired) electrons. The van der Waals surface area contributed by atoms with Gasteiger partial charge in [-0.05, 0) is 18.2 Å². The summed E-state index contributed by atoms with van der Waals surface area (Å²) in [4.78, 5) is 22.0. The van der Waals surface area contributed by atoms with Gasteiger partial charge in [0.2, 0.25) is 0 Å². The summed E-state index contributed by atoms with van der Waals surface area (Å²) in [6.45, 7) is 1.64. The summed E-state index contributed by atoms with van der Waals surface area (Å²) in [6.07, 6.45) is 0.425. The van der Waals surface area contributed by atoms with Crippen LogP contribution in [0.15, 0.2) is 24.3 Å². The number of benzene rings is 1. The lowest BCUT2D eigenvalue weighted by Gasteiger charge is -2.15. The van der Waals surface area contributed by atoms with Crippen LogP contribution in [0.5, 0.6) is 5.75 Å². The summed E-state index contributed by atoms with van der Waals surface area (Å²) >= 11 is 4.03. The van der Waals surface area contributed by atoms with Gasteiger partial charge in [0, 0.05) is 19.0 Å². The van der Waals surface area contributed by atoms with Gasteiger partial charge in [0.05, 0.1) is 0 Å². The van der Waals surface area contributed by atoms with E-state index in [-0.39, 0.29) is 0 Å². The first-order chi connectivity index (χ1) is 9.04. The predicted octanol–water partition coefficient (Wildman–Crippen LogP) is 1.47. The average Bonchev–Trinajstić information content (AvgIpc) is 2.35. The van der Waals surface area contributed by atoms with Crippen LogP contribution in [0.1, 0.15) is 18.9 Å². The van der Waals surface area contributed by atoms with Crippen LogP contribution >= 0.6 is 12.6 Å². The number of nitrogens with one attached hydrogen (secondary N) is 1. The zero-order chi connectivity index (χ0) is 14.3. The highest BCUT2D eigenvalue weighted by Crippen LogP contribution is 2.18. The van der Waals surface area contributed by atoms with Crippen LogP contribution in [-0.2, 0) is 16.1 Å². The molecule has 0 aromatic heterocycles. The molecule has 0 bridgehead atoms. The van der Waals surface area contributed by atoms with E-state index >= 15 is 0 Å². The molecule has 104 valence electrons. The average molecular weight is 283 g/mol. The van der Waals surface area contributed by atoms with Crippen molar-refractivity contribution in [1.82, 2.24) is 5.32 Å². The fourth-order valence-corrected chi connectivity index (χ4v) is 1.84. The van der Waals surface area contributed by atoms with Gasteiger partial charge >= 0.3 is 11.9 Å². The van der Waals surface area contributed by atoms with Crippen molar-refractivity contribution >= 4 is 24.6 Å². The van der Waals surface area contributed by atoms with E-state index in [1.807, 2.05) is 0 Å². The van der Waals surface area contributed by atoms with Gasteiger partial charge in [0.25, 0.3) is 0 Å². The van der Waals surface area contributed by atoms with Crippen LogP contribution in [0.3, 0.4) is 0 Å². The maximum atomic E-state index is 11.0. The highest BCUT2D eigenvalue weighted by Gasteiger charge is 2.16. The van der Waals surface area contributed by atoms with Gasteiger partial charge in [-0.15, -0.1) is 0 Å². The summed E-state index contributed by atoms with van der Waals surface area (Å²) < 4.78 is 5.06. The first-order valence-electron chi connectivity index (χ1n) is 5.88. The Balaban J connectivity index is 2.70. The Morgan fingerprint density at radius 3 is 2.68 bits per heavy atom. The van der Waals surface area contributed by atoms with Crippen molar-refractivity contribution in [1.29, 1.82) is 0 Å². The highest BCUT2D eigenvalue weighted by atomic mass is 32.1. The molecule has 1 unspecified atom stereocenters. The molecule has 0 saturated carbocycles. The quantitative estimate of drug-likeness (QED) is 0.401. The standard InChI is InChI=1S/C13H17NO4S/c1-9(15)18-12-5-3-2-4-10(12)8-14-11(6-7-19)13(16)17/h2-5,11,14,19H,6-8H2,1H3,(H,16,17). The Kier molecular flexibility index (Phi) is 6.38. The van der Waals surface area contributed by atoms with Crippen molar-refractivity contribution in [3.8, 4) is 5.75 Å². The van der Waals surface area contributed by atoms with E-state index in [2.05, 4.69) is 17.9 Å². The maximum Gasteiger partial charge on any atom is 0.320 e. The highest BCUT2D eigenvalue weighted by molar-refractivity contribution is 7.80. The number of hydrogen-bond donors (Lipinski definition) is 3. The second-order valence-electron chi connectivity index (χ2n) is 3.99. The van der Waals surface area contributed by atoms with Crippen molar-refractivity contribution in [2.75, 3.05) is 5.75 Å². The number of hydrogen-bond acceptors (Lipinski definition) is 5. The number of para-hydroxylation sites is 1. The van der Waals surface area contributed by atoms with Crippen molar-refractivity contribution in [3.63, 3.8) is 0 Å². The van der Waals surface area contributed by atoms with Gasteiger partial charge in [-0.2, -0.15) is 12.6 Å². The second-order valence-corrected chi connectivity index (χ2v) is 4.43. The molecule has 19 heavy (non-hydrogen) atoms. The Bertz CT molecular complexity index is 450. The molecule has 0 heterocycles. The second kappa shape index (κ2) is 7.81. The van der Waals surface area contributed by atoms with Gasteiger partial charge in [0.1, 0.15) is 11.8 Å². The van der Waals surface area contributed by atoms with E-state index in [9.17, 15) is 9.59 Å². The van der Waals surface area contributed by atoms with Crippen LogP contribution in [-0.4, -0.2) is 28.8 Å². The lowest BCUT2D eigenvalue weighted by atomic mass is 10.1. The van der Waals surface area contributed by atoms with Gasteiger partial charge < -0.3 is 15.2 Å². The predicted molar refractivity (Wildman–Crippen MR) is 74.5 cm³/mol. The SMILES string of the molecule is CC(=O)Oc1ccccc1CNC(CCS)C(=O)O. The molecular weight excluding hydrogens is 266 g/mol. The molecular formula is C13H17NO4S. The summed E-state index contributed by atoms with van der Waals surface area (Å²) in [6, 6.07) is 6.35. The molecule has 5 nitrogen and oxygen atoms in total. The van der Waals surface area contributed by atoms with Gasteiger partial charge in [-0.3, -0.25) is 9.59 Å². The van der Waals surface area contributed by atoms with Gasteiger partial charge in [-0.25, -0.2) is 0 Å². The topological polar surface area (TPSA) is 75.6 Å². The number of ether oxygens (including phenoxy) is 1. The number of esters is 1. The number of carboxylic acid groups (broad SMARTS) is 1. The first-order valence-corrected chi connectivity index (χ1v) is 6.51. The van der Waals surface area contributed by atoms with E-state index in [1.54, 1.807) is 24.3 Å². The lowest BCUT2D eigenvalue weighted by molar-refractivity contribution is -0.139. The number of carboxylic acids is 1. The molecule has 2 N–H and O–H groups in total. The van der Waals surface area contributed by atoms with Crippen molar-refractivity contribution in [2.45, 2.75) is 25.9 Å². The minimum atomic E-state index is -0.918. The van der Waals surface area contributed by atoms with Crippen LogP contribution in [0.2, 0.25) is 0 Å². The first kappa shape index (κ1) is 15.5. The molecule has 0 aliphatic rings. The smallest absolute Gasteiger partial charge is 0.320 e. The van der Waals surface area contributed by atoms with Crippen molar-refractivity contribution in [3.05, 3.63) is 29.8 Å². The maximum absolute atomic E-state index is 11.0. The number of thiol groups is 1. The van der Waals surface area contributed by atoms with Gasteiger partial charge in [0.15, 0.2) is 0 Å². The molecule has 1 rings (SSSR count). The monoisotopic (exact) mass is 283 g/mol. The third-order valence-corrected chi connectivity index (χ3v) is 2.74.